The Morgan fingerprint density at radius 3 is 2.69 bits per heavy atom. The van der Waals surface area contributed by atoms with Gasteiger partial charge in [-0.15, -0.1) is 0 Å². The number of hydrogen-bond acceptors (Lipinski definition) is 3. The largest absolute Gasteiger partial charge is 0.381 e. The van der Waals surface area contributed by atoms with Crippen LogP contribution in [0.1, 0.15) is 32.6 Å². The van der Waals surface area contributed by atoms with E-state index >= 15 is 0 Å². The molecule has 2 rings (SSSR count). The molecule has 3 heteroatoms. The van der Waals surface area contributed by atoms with E-state index in [1.54, 1.807) is 0 Å². The van der Waals surface area contributed by atoms with Gasteiger partial charge in [0.2, 0.25) is 0 Å². The van der Waals surface area contributed by atoms with Crippen LogP contribution in [0.3, 0.4) is 0 Å². The first-order valence-electron chi connectivity index (χ1n) is 6.92. The number of rotatable bonds is 4. The van der Waals surface area contributed by atoms with Gasteiger partial charge in [-0.25, -0.2) is 0 Å². The van der Waals surface area contributed by atoms with Gasteiger partial charge in [0.05, 0.1) is 0 Å². The highest BCUT2D eigenvalue weighted by Gasteiger charge is 2.23. The van der Waals surface area contributed by atoms with Gasteiger partial charge in [0.25, 0.3) is 0 Å². The van der Waals surface area contributed by atoms with E-state index in [9.17, 15) is 0 Å². The molecule has 16 heavy (non-hydrogen) atoms. The molecule has 0 spiro atoms. The van der Waals surface area contributed by atoms with Gasteiger partial charge in [-0.05, 0) is 44.7 Å². The molecule has 0 bridgehead atoms. The van der Waals surface area contributed by atoms with Crippen LogP contribution in [0.25, 0.3) is 0 Å². The summed E-state index contributed by atoms with van der Waals surface area (Å²) in [6, 6.07) is 0.779. The molecule has 2 saturated heterocycles. The second-order valence-electron chi connectivity index (χ2n) is 5.14. The van der Waals surface area contributed by atoms with Crippen LogP contribution in [0.5, 0.6) is 0 Å². The zero-order valence-corrected chi connectivity index (χ0v) is 10.6. The minimum absolute atomic E-state index is 0.779. The first-order valence-corrected chi connectivity index (χ1v) is 6.92. The Labute approximate surface area is 99.5 Å². The Kier molecular flexibility index (Phi) is 5.07. The molecule has 2 aliphatic rings. The lowest BCUT2D eigenvalue weighted by molar-refractivity contribution is 0.0437. The predicted molar refractivity (Wildman–Crippen MR) is 66.7 cm³/mol. The van der Waals surface area contributed by atoms with E-state index in [1.165, 1.54) is 51.9 Å². The van der Waals surface area contributed by atoms with Crippen LogP contribution in [-0.2, 0) is 4.74 Å². The van der Waals surface area contributed by atoms with Gasteiger partial charge in [0.15, 0.2) is 0 Å². The van der Waals surface area contributed by atoms with Crippen LogP contribution in [0, 0.1) is 5.92 Å². The Morgan fingerprint density at radius 1 is 1.25 bits per heavy atom. The smallest absolute Gasteiger partial charge is 0.0469 e. The molecule has 1 N–H and O–H groups in total. The van der Waals surface area contributed by atoms with Crippen LogP contribution < -0.4 is 5.32 Å². The summed E-state index contributed by atoms with van der Waals surface area (Å²) in [5, 5.41) is 3.52. The fourth-order valence-corrected chi connectivity index (χ4v) is 2.94. The summed E-state index contributed by atoms with van der Waals surface area (Å²) in [7, 11) is 0. The Morgan fingerprint density at radius 2 is 2.06 bits per heavy atom. The number of piperidine rings is 1. The number of nitrogens with zero attached hydrogens (tertiary/aromatic N) is 1. The van der Waals surface area contributed by atoms with E-state index < -0.39 is 0 Å². The van der Waals surface area contributed by atoms with Crippen LogP contribution in [0.2, 0.25) is 0 Å². The van der Waals surface area contributed by atoms with E-state index in [0.29, 0.717) is 0 Å². The molecular formula is C13H26N2O. The molecule has 1 atom stereocenters. The maximum atomic E-state index is 5.43. The first kappa shape index (κ1) is 12.3. The summed E-state index contributed by atoms with van der Waals surface area (Å²) < 4.78 is 5.43. The maximum Gasteiger partial charge on any atom is 0.0469 e. The highest BCUT2D eigenvalue weighted by Crippen LogP contribution is 2.19. The van der Waals surface area contributed by atoms with Crippen molar-refractivity contribution in [3.05, 3.63) is 0 Å². The van der Waals surface area contributed by atoms with Crippen molar-refractivity contribution < 1.29 is 4.74 Å². The Bertz CT molecular complexity index is 186. The minimum atomic E-state index is 0.779. The molecule has 0 aromatic carbocycles. The van der Waals surface area contributed by atoms with Crippen molar-refractivity contribution in [3.63, 3.8) is 0 Å². The molecule has 0 aromatic rings. The van der Waals surface area contributed by atoms with Crippen molar-refractivity contribution in [1.29, 1.82) is 0 Å². The molecule has 0 radical (unpaired) electrons. The Balaban J connectivity index is 1.78. The standard InChI is InChI=1S/C13H26N2O/c1-2-15(13-4-3-7-14-10-13)11-12-5-8-16-9-6-12/h12-14H,2-11H2,1H3. The van der Waals surface area contributed by atoms with E-state index in [2.05, 4.69) is 17.1 Å². The van der Waals surface area contributed by atoms with Crippen LogP contribution in [0.15, 0.2) is 0 Å². The monoisotopic (exact) mass is 226 g/mol. The van der Waals surface area contributed by atoms with Gasteiger partial charge in [-0.3, -0.25) is 4.90 Å². The zero-order chi connectivity index (χ0) is 11.2. The third-order valence-corrected chi connectivity index (χ3v) is 4.03. The van der Waals surface area contributed by atoms with Crippen molar-refractivity contribution in [2.24, 2.45) is 5.92 Å². The van der Waals surface area contributed by atoms with Crippen LogP contribution >= 0.6 is 0 Å². The molecule has 2 fully saturated rings. The number of ether oxygens (including phenoxy) is 1. The van der Waals surface area contributed by atoms with Crippen molar-refractivity contribution in [3.8, 4) is 0 Å². The first-order chi connectivity index (χ1) is 7.90. The fraction of sp³-hybridized carbons (Fsp3) is 1.00. The van der Waals surface area contributed by atoms with Gasteiger partial charge in [0, 0.05) is 32.3 Å². The number of nitrogens with one attached hydrogen (secondary N) is 1. The molecule has 1 unspecified atom stereocenters. The van der Waals surface area contributed by atoms with E-state index in [4.69, 9.17) is 4.74 Å². The molecular weight excluding hydrogens is 200 g/mol. The van der Waals surface area contributed by atoms with Gasteiger partial charge >= 0.3 is 0 Å². The van der Waals surface area contributed by atoms with E-state index in [-0.39, 0.29) is 0 Å². The molecule has 2 aliphatic heterocycles. The third kappa shape index (κ3) is 3.44. The van der Waals surface area contributed by atoms with Crippen molar-refractivity contribution in [2.75, 3.05) is 39.4 Å². The normalized spacial score (nSPS) is 28.5. The van der Waals surface area contributed by atoms with Gasteiger partial charge < -0.3 is 10.1 Å². The second-order valence-corrected chi connectivity index (χ2v) is 5.14. The summed E-state index contributed by atoms with van der Waals surface area (Å²) in [5.74, 6) is 0.871. The summed E-state index contributed by atoms with van der Waals surface area (Å²) in [5.41, 5.74) is 0. The summed E-state index contributed by atoms with van der Waals surface area (Å²) >= 11 is 0. The molecule has 0 aliphatic carbocycles. The third-order valence-electron chi connectivity index (χ3n) is 4.03. The highest BCUT2D eigenvalue weighted by atomic mass is 16.5. The highest BCUT2D eigenvalue weighted by molar-refractivity contribution is 4.80. The fourth-order valence-electron chi connectivity index (χ4n) is 2.94. The molecule has 94 valence electrons. The number of hydrogen-bond donors (Lipinski definition) is 1. The molecule has 0 aromatic heterocycles. The summed E-state index contributed by atoms with van der Waals surface area (Å²) in [6.45, 7) is 9.14. The lowest BCUT2D eigenvalue weighted by atomic mass is 9.97. The number of likely N-dealkylation sites (N-methyl/N-ethyl adjacent to an activating group) is 1. The molecule has 2 heterocycles. The quantitative estimate of drug-likeness (QED) is 0.786. The topological polar surface area (TPSA) is 24.5 Å². The second kappa shape index (κ2) is 6.58. The van der Waals surface area contributed by atoms with Crippen molar-refractivity contribution in [1.82, 2.24) is 10.2 Å². The van der Waals surface area contributed by atoms with Crippen molar-refractivity contribution >= 4 is 0 Å². The average Bonchev–Trinajstić information content (AvgIpc) is 2.38. The molecule has 3 nitrogen and oxygen atoms in total. The van der Waals surface area contributed by atoms with Crippen molar-refractivity contribution in [2.45, 2.75) is 38.6 Å². The van der Waals surface area contributed by atoms with Gasteiger partial charge in [0.1, 0.15) is 0 Å². The van der Waals surface area contributed by atoms with E-state index in [0.717, 1.165) is 25.2 Å². The zero-order valence-electron chi connectivity index (χ0n) is 10.6. The minimum Gasteiger partial charge on any atom is -0.381 e. The molecule has 0 amide bonds. The lowest BCUT2D eigenvalue weighted by Gasteiger charge is -2.37. The predicted octanol–water partition coefficient (Wildman–Crippen LogP) is 1.49. The van der Waals surface area contributed by atoms with Crippen LogP contribution in [0.4, 0.5) is 0 Å². The van der Waals surface area contributed by atoms with Gasteiger partial charge in [-0.1, -0.05) is 6.92 Å². The van der Waals surface area contributed by atoms with E-state index in [1.807, 2.05) is 0 Å². The maximum absolute atomic E-state index is 5.43. The lowest BCUT2D eigenvalue weighted by Crippen LogP contribution is -2.48. The summed E-state index contributed by atoms with van der Waals surface area (Å²) in [6.07, 6.45) is 5.24. The Hall–Kier alpha value is -0.120. The molecule has 0 saturated carbocycles. The van der Waals surface area contributed by atoms with Crippen LogP contribution in [-0.4, -0.2) is 50.3 Å². The SMILES string of the molecule is CCN(CC1CCOCC1)C1CCCNC1. The average molecular weight is 226 g/mol. The van der Waals surface area contributed by atoms with Gasteiger partial charge in [-0.2, -0.15) is 0 Å². The summed E-state index contributed by atoms with van der Waals surface area (Å²) in [4.78, 5) is 2.68.